The van der Waals surface area contributed by atoms with Crippen molar-refractivity contribution in [3.8, 4) is 0 Å². The number of benzene rings is 1. The van der Waals surface area contributed by atoms with Crippen molar-refractivity contribution in [3.05, 3.63) is 35.9 Å². The van der Waals surface area contributed by atoms with Crippen molar-refractivity contribution >= 4 is 17.8 Å². The molecule has 1 unspecified atom stereocenters. The Kier molecular flexibility index (Phi) is 7.63. The van der Waals surface area contributed by atoms with Gasteiger partial charge in [0.05, 0.1) is 6.42 Å². The molecule has 1 saturated heterocycles. The monoisotopic (exact) mass is 360 g/mol. The summed E-state index contributed by atoms with van der Waals surface area (Å²) in [6.07, 6.45) is 3.31. The first-order valence-electron chi connectivity index (χ1n) is 9.25. The summed E-state index contributed by atoms with van der Waals surface area (Å²) < 4.78 is 5.19. The highest BCUT2D eigenvalue weighted by molar-refractivity contribution is 5.87. The number of hydrogen-bond acceptors (Lipinski definition) is 4. The summed E-state index contributed by atoms with van der Waals surface area (Å²) in [7, 11) is 0. The van der Waals surface area contributed by atoms with Crippen molar-refractivity contribution in [2.45, 2.75) is 45.6 Å². The standard InChI is InChI=1S/C20H28N2O4/c1-15(2)19(21-17(23)13-16-9-5-3-6-10-16)20(25)26-14-18(24)22-11-7-4-8-12-22/h3,5-6,9-10,15,19H,4,7-8,11-14H2,1-2H3,(H,21,23). The molecule has 142 valence electrons. The summed E-state index contributed by atoms with van der Waals surface area (Å²) in [5.74, 6) is -1.11. The Morgan fingerprint density at radius 3 is 2.35 bits per heavy atom. The van der Waals surface area contributed by atoms with Gasteiger partial charge in [0.2, 0.25) is 5.91 Å². The van der Waals surface area contributed by atoms with Gasteiger partial charge < -0.3 is 15.0 Å². The second-order valence-electron chi connectivity index (χ2n) is 7.00. The number of carbonyl (C=O) groups excluding carboxylic acids is 3. The minimum absolute atomic E-state index is 0.132. The maximum absolute atomic E-state index is 12.4. The number of amides is 2. The molecule has 0 aliphatic carbocycles. The van der Waals surface area contributed by atoms with Crippen molar-refractivity contribution in [3.63, 3.8) is 0 Å². The van der Waals surface area contributed by atoms with Gasteiger partial charge in [-0.2, -0.15) is 0 Å². The molecular formula is C20H28N2O4. The third kappa shape index (κ3) is 6.17. The third-order valence-electron chi connectivity index (χ3n) is 4.49. The van der Waals surface area contributed by atoms with Gasteiger partial charge in [-0.25, -0.2) is 4.79 Å². The molecule has 1 aliphatic rings. The van der Waals surface area contributed by atoms with Gasteiger partial charge in [-0.1, -0.05) is 44.2 Å². The van der Waals surface area contributed by atoms with Gasteiger partial charge in [0.1, 0.15) is 6.04 Å². The van der Waals surface area contributed by atoms with E-state index in [1.165, 1.54) is 0 Å². The minimum Gasteiger partial charge on any atom is -0.454 e. The lowest BCUT2D eigenvalue weighted by Crippen LogP contribution is -2.47. The Hall–Kier alpha value is -2.37. The molecule has 1 N–H and O–H groups in total. The van der Waals surface area contributed by atoms with Crippen LogP contribution in [-0.2, 0) is 25.5 Å². The number of rotatable bonds is 7. The molecule has 6 nitrogen and oxygen atoms in total. The molecule has 0 aromatic heterocycles. The first-order chi connectivity index (χ1) is 12.5. The van der Waals surface area contributed by atoms with Gasteiger partial charge in [-0.15, -0.1) is 0 Å². The van der Waals surface area contributed by atoms with Crippen LogP contribution in [0.2, 0.25) is 0 Å². The van der Waals surface area contributed by atoms with E-state index in [4.69, 9.17) is 4.74 Å². The average molecular weight is 360 g/mol. The van der Waals surface area contributed by atoms with Crippen LogP contribution in [0.15, 0.2) is 30.3 Å². The van der Waals surface area contributed by atoms with Crippen molar-refractivity contribution < 1.29 is 19.1 Å². The Balaban J connectivity index is 1.84. The third-order valence-corrected chi connectivity index (χ3v) is 4.49. The highest BCUT2D eigenvalue weighted by Crippen LogP contribution is 2.10. The van der Waals surface area contributed by atoms with Gasteiger partial charge in [-0.05, 0) is 30.7 Å². The zero-order valence-corrected chi connectivity index (χ0v) is 15.6. The lowest BCUT2D eigenvalue weighted by Gasteiger charge is -2.27. The first-order valence-corrected chi connectivity index (χ1v) is 9.25. The Bertz CT molecular complexity index is 609. The van der Waals surface area contributed by atoms with Crippen LogP contribution in [0.1, 0.15) is 38.7 Å². The van der Waals surface area contributed by atoms with E-state index in [1.54, 1.807) is 4.90 Å². The van der Waals surface area contributed by atoms with Crippen LogP contribution >= 0.6 is 0 Å². The number of hydrogen-bond donors (Lipinski definition) is 1. The fourth-order valence-corrected chi connectivity index (χ4v) is 2.96. The molecule has 0 bridgehead atoms. The number of nitrogens with zero attached hydrogens (tertiary/aromatic N) is 1. The number of likely N-dealkylation sites (tertiary alicyclic amines) is 1. The molecule has 1 heterocycles. The van der Waals surface area contributed by atoms with Gasteiger partial charge >= 0.3 is 5.97 Å². The van der Waals surface area contributed by atoms with E-state index in [2.05, 4.69) is 5.32 Å². The fourth-order valence-electron chi connectivity index (χ4n) is 2.96. The molecule has 1 aliphatic heterocycles. The first kappa shape index (κ1) is 19.9. The number of ether oxygens (including phenoxy) is 1. The zero-order valence-electron chi connectivity index (χ0n) is 15.6. The summed E-state index contributed by atoms with van der Waals surface area (Å²) in [5, 5.41) is 2.73. The predicted octanol–water partition coefficient (Wildman–Crippen LogP) is 1.93. The molecule has 1 aromatic rings. The molecule has 0 radical (unpaired) electrons. The van der Waals surface area contributed by atoms with Crippen LogP contribution < -0.4 is 5.32 Å². The van der Waals surface area contributed by atoms with Crippen molar-refractivity contribution in [1.82, 2.24) is 10.2 Å². The maximum atomic E-state index is 12.4. The molecule has 2 rings (SSSR count). The Morgan fingerprint density at radius 2 is 1.73 bits per heavy atom. The summed E-state index contributed by atoms with van der Waals surface area (Å²) in [6, 6.07) is 8.57. The second-order valence-corrected chi connectivity index (χ2v) is 7.00. The van der Waals surface area contributed by atoms with Crippen LogP contribution in [0.4, 0.5) is 0 Å². The Morgan fingerprint density at radius 1 is 1.08 bits per heavy atom. The van der Waals surface area contributed by atoms with E-state index in [0.29, 0.717) is 0 Å². The highest BCUT2D eigenvalue weighted by Gasteiger charge is 2.27. The van der Waals surface area contributed by atoms with Gasteiger partial charge in [-0.3, -0.25) is 9.59 Å². The van der Waals surface area contributed by atoms with Gasteiger partial charge in [0.25, 0.3) is 5.91 Å². The van der Waals surface area contributed by atoms with Crippen molar-refractivity contribution in [2.75, 3.05) is 19.7 Å². The zero-order chi connectivity index (χ0) is 18.9. The number of carbonyl (C=O) groups is 3. The quantitative estimate of drug-likeness (QED) is 0.754. The Labute approximate surface area is 154 Å². The van der Waals surface area contributed by atoms with Crippen LogP contribution in [0.25, 0.3) is 0 Å². The van der Waals surface area contributed by atoms with E-state index in [-0.39, 0.29) is 30.8 Å². The van der Waals surface area contributed by atoms with Gasteiger partial charge in [0.15, 0.2) is 6.61 Å². The highest BCUT2D eigenvalue weighted by atomic mass is 16.5. The summed E-state index contributed by atoms with van der Waals surface area (Å²) in [6.45, 7) is 4.84. The lowest BCUT2D eigenvalue weighted by atomic mass is 10.0. The normalized spacial score (nSPS) is 15.4. The molecule has 26 heavy (non-hydrogen) atoms. The van der Waals surface area contributed by atoms with Crippen LogP contribution in [0.5, 0.6) is 0 Å². The van der Waals surface area contributed by atoms with Gasteiger partial charge in [0, 0.05) is 13.1 Å². The molecule has 2 amide bonds. The molecule has 1 aromatic carbocycles. The molecular weight excluding hydrogens is 332 g/mol. The fraction of sp³-hybridized carbons (Fsp3) is 0.550. The largest absolute Gasteiger partial charge is 0.454 e. The smallest absolute Gasteiger partial charge is 0.329 e. The number of esters is 1. The van der Waals surface area contributed by atoms with Crippen LogP contribution in [-0.4, -0.2) is 48.4 Å². The summed E-state index contributed by atoms with van der Waals surface area (Å²) in [4.78, 5) is 38.4. The van der Waals surface area contributed by atoms with Crippen molar-refractivity contribution in [2.24, 2.45) is 5.92 Å². The molecule has 1 fully saturated rings. The van der Waals surface area contributed by atoms with Crippen LogP contribution in [0.3, 0.4) is 0 Å². The minimum atomic E-state index is -0.764. The molecule has 0 saturated carbocycles. The molecule has 1 atom stereocenters. The molecule has 6 heteroatoms. The van der Waals surface area contributed by atoms with E-state index in [0.717, 1.165) is 37.9 Å². The average Bonchev–Trinajstić information content (AvgIpc) is 2.65. The SMILES string of the molecule is CC(C)C(NC(=O)Cc1ccccc1)C(=O)OCC(=O)N1CCCCC1. The summed E-state index contributed by atoms with van der Waals surface area (Å²) in [5.41, 5.74) is 0.876. The maximum Gasteiger partial charge on any atom is 0.329 e. The van der Waals surface area contributed by atoms with E-state index < -0.39 is 12.0 Å². The topological polar surface area (TPSA) is 75.7 Å². The second kappa shape index (κ2) is 9.94. The predicted molar refractivity (Wildman–Crippen MR) is 98.3 cm³/mol. The molecule has 0 spiro atoms. The number of nitrogens with one attached hydrogen (secondary N) is 1. The van der Waals surface area contributed by atoms with Crippen LogP contribution in [0, 0.1) is 5.92 Å². The summed E-state index contributed by atoms with van der Waals surface area (Å²) >= 11 is 0. The van der Waals surface area contributed by atoms with Crippen molar-refractivity contribution in [1.29, 1.82) is 0 Å². The number of piperidine rings is 1. The van der Waals surface area contributed by atoms with E-state index >= 15 is 0 Å². The lowest BCUT2D eigenvalue weighted by molar-refractivity contribution is -0.155. The van der Waals surface area contributed by atoms with E-state index in [9.17, 15) is 14.4 Å². The van der Waals surface area contributed by atoms with E-state index in [1.807, 2.05) is 44.2 Å².